The van der Waals surface area contributed by atoms with Crippen LogP contribution in [-0.4, -0.2) is 31.9 Å². The normalized spacial score (nSPS) is 23.8. The number of para-hydroxylation sites is 2. The molecule has 0 aliphatic heterocycles. The lowest BCUT2D eigenvalue weighted by molar-refractivity contribution is -0.135. The van der Waals surface area contributed by atoms with Crippen molar-refractivity contribution in [2.75, 3.05) is 0 Å². The second-order valence-corrected chi connectivity index (χ2v) is 8.83. The van der Waals surface area contributed by atoms with Gasteiger partial charge in [-0.15, -0.1) is 0 Å². The Labute approximate surface area is 170 Å². The summed E-state index contributed by atoms with van der Waals surface area (Å²) in [5.41, 5.74) is 5.72. The van der Waals surface area contributed by atoms with E-state index in [4.69, 9.17) is 4.98 Å². The van der Waals surface area contributed by atoms with Gasteiger partial charge >= 0.3 is 0 Å². The number of nitrogens with zero attached hydrogens (tertiary/aromatic N) is 4. The Morgan fingerprint density at radius 2 is 2.10 bits per heavy atom. The highest BCUT2D eigenvalue weighted by molar-refractivity contribution is 5.86. The molecule has 2 heterocycles. The van der Waals surface area contributed by atoms with Crippen LogP contribution in [0.15, 0.2) is 35.6 Å². The summed E-state index contributed by atoms with van der Waals surface area (Å²) in [7, 11) is 1.86. The van der Waals surface area contributed by atoms with Gasteiger partial charge in [-0.2, -0.15) is 10.2 Å². The van der Waals surface area contributed by atoms with E-state index in [1.54, 1.807) is 10.9 Å². The Bertz CT molecular complexity index is 1060. The molecule has 152 valence electrons. The predicted octanol–water partition coefficient (Wildman–Crippen LogP) is 3.67. The molecule has 29 heavy (non-hydrogen) atoms. The van der Waals surface area contributed by atoms with E-state index in [9.17, 15) is 4.79 Å². The third-order valence-electron chi connectivity index (χ3n) is 6.89. The molecule has 1 aromatic carbocycles. The van der Waals surface area contributed by atoms with Gasteiger partial charge in [0, 0.05) is 24.7 Å². The highest BCUT2D eigenvalue weighted by Crippen LogP contribution is 2.59. The Kier molecular flexibility index (Phi) is 4.56. The maximum atomic E-state index is 13.1. The minimum absolute atomic E-state index is 0.0566. The van der Waals surface area contributed by atoms with Gasteiger partial charge < -0.3 is 4.98 Å². The number of amides is 1. The van der Waals surface area contributed by atoms with Crippen LogP contribution >= 0.6 is 0 Å². The summed E-state index contributed by atoms with van der Waals surface area (Å²) in [5, 5.41) is 8.49. The number of benzene rings is 1. The van der Waals surface area contributed by atoms with Crippen molar-refractivity contribution in [2.24, 2.45) is 23.0 Å². The number of nitrogens with one attached hydrogen (secondary N) is 2. The molecule has 2 aromatic heterocycles. The van der Waals surface area contributed by atoms with E-state index in [0.29, 0.717) is 0 Å². The molecule has 1 fully saturated rings. The number of fused-ring (bicyclic) bond motifs is 1. The average molecular weight is 393 g/mol. The van der Waals surface area contributed by atoms with E-state index in [1.165, 1.54) is 0 Å². The van der Waals surface area contributed by atoms with Gasteiger partial charge in [-0.05, 0) is 37.3 Å². The van der Waals surface area contributed by atoms with Crippen LogP contribution < -0.4 is 5.43 Å². The van der Waals surface area contributed by atoms with Crippen LogP contribution in [0.25, 0.3) is 11.0 Å². The lowest BCUT2D eigenvalue weighted by Gasteiger charge is -2.39. The number of aryl methyl sites for hydroxylation is 2. The van der Waals surface area contributed by atoms with E-state index >= 15 is 0 Å². The maximum Gasteiger partial charge on any atom is 0.246 e. The lowest BCUT2D eigenvalue weighted by atomic mass is 9.65. The predicted molar refractivity (Wildman–Crippen MR) is 114 cm³/mol. The van der Waals surface area contributed by atoms with Gasteiger partial charge in [-0.3, -0.25) is 9.48 Å². The van der Waals surface area contributed by atoms with Crippen LogP contribution in [-0.2, 0) is 11.8 Å². The second-order valence-electron chi connectivity index (χ2n) is 8.83. The van der Waals surface area contributed by atoms with E-state index in [0.717, 1.165) is 41.0 Å². The van der Waals surface area contributed by atoms with Crippen LogP contribution in [0.5, 0.6) is 0 Å². The van der Waals surface area contributed by atoms with E-state index in [-0.39, 0.29) is 17.2 Å². The Balaban J connectivity index is 1.54. The van der Waals surface area contributed by atoms with Gasteiger partial charge in [0.1, 0.15) is 5.82 Å². The third kappa shape index (κ3) is 3.14. The molecular formula is C22H28N6O. The first-order valence-electron chi connectivity index (χ1n) is 10.0. The molecular weight excluding hydrogens is 364 g/mol. The van der Waals surface area contributed by atoms with Crippen molar-refractivity contribution in [1.82, 2.24) is 25.2 Å². The molecule has 0 saturated heterocycles. The van der Waals surface area contributed by atoms with Crippen LogP contribution in [0.3, 0.4) is 0 Å². The van der Waals surface area contributed by atoms with Crippen LogP contribution in [0.1, 0.15) is 56.6 Å². The van der Waals surface area contributed by atoms with Crippen molar-refractivity contribution in [3.8, 4) is 0 Å². The van der Waals surface area contributed by atoms with Crippen LogP contribution in [0.4, 0.5) is 0 Å². The smallest absolute Gasteiger partial charge is 0.246 e. The third-order valence-corrected chi connectivity index (χ3v) is 6.89. The fourth-order valence-corrected chi connectivity index (χ4v) is 4.55. The first-order chi connectivity index (χ1) is 13.7. The minimum atomic E-state index is -0.544. The molecule has 2 atom stereocenters. The van der Waals surface area contributed by atoms with Crippen LogP contribution in [0.2, 0.25) is 0 Å². The highest BCUT2D eigenvalue weighted by atomic mass is 16.2. The van der Waals surface area contributed by atoms with Gasteiger partial charge in [-0.25, -0.2) is 10.4 Å². The van der Waals surface area contributed by atoms with E-state index in [1.807, 2.05) is 51.4 Å². The summed E-state index contributed by atoms with van der Waals surface area (Å²) in [6.45, 7) is 8.27. The molecule has 1 aliphatic carbocycles. The van der Waals surface area contributed by atoms with Crippen molar-refractivity contribution >= 4 is 23.2 Å². The molecule has 7 heteroatoms. The minimum Gasteiger partial charge on any atom is -0.342 e. The average Bonchev–Trinajstić information content (AvgIpc) is 3.29. The maximum absolute atomic E-state index is 13.1. The summed E-state index contributed by atoms with van der Waals surface area (Å²) >= 11 is 0. The quantitative estimate of drug-likeness (QED) is 0.525. The van der Waals surface area contributed by atoms with Crippen molar-refractivity contribution < 1.29 is 4.79 Å². The molecule has 0 unspecified atom stereocenters. The Morgan fingerprint density at radius 3 is 2.79 bits per heavy atom. The SMILES string of the molecule is Cc1nn(C)cc1/C=N\NC(=O)[C@]1(C)CC[C@@H](c2nc3ccccc3[nH]2)C1(C)C. The number of H-pyrrole nitrogens is 1. The van der Waals surface area contributed by atoms with Crippen LogP contribution in [0, 0.1) is 17.8 Å². The van der Waals surface area contributed by atoms with Crippen molar-refractivity contribution in [3.05, 3.63) is 47.5 Å². The number of hydrogen-bond donors (Lipinski definition) is 2. The molecule has 7 nitrogen and oxygen atoms in total. The van der Waals surface area contributed by atoms with E-state index in [2.05, 4.69) is 34.5 Å². The highest BCUT2D eigenvalue weighted by Gasteiger charge is 2.57. The zero-order valence-electron chi connectivity index (χ0n) is 17.7. The number of hydrazone groups is 1. The molecule has 0 bridgehead atoms. The van der Waals surface area contributed by atoms with Gasteiger partial charge in [0.25, 0.3) is 0 Å². The molecule has 0 spiro atoms. The standard InChI is InChI=1S/C22H28N6O/c1-14-15(13-28(5)27-14)12-23-26-20(29)22(4)11-10-16(21(22,2)3)19-24-17-8-6-7-9-18(17)25-19/h6-9,12-13,16H,10-11H2,1-5H3,(H,24,25)(H,26,29)/b23-12-/t16-,22-/m0/s1. The first-order valence-corrected chi connectivity index (χ1v) is 10.0. The lowest BCUT2D eigenvalue weighted by Crippen LogP contribution is -2.45. The number of carbonyl (C=O) groups is 1. The zero-order chi connectivity index (χ0) is 20.8. The van der Waals surface area contributed by atoms with Crippen molar-refractivity contribution in [3.63, 3.8) is 0 Å². The van der Waals surface area contributed by atoms with Crippen molar-refractivity contribution in [2.45, 2.75) is 46.5 Å². The number of aromatic nitrogens is 4. The number of aromatic amines is 1. The Morgan fingerprint density at radius 1 is 1.34 bits per heavy atom. The molecule has 1 amide bonds. The Hall–Kier alpha value is -2.96. The zero-order valence-corrected chi connectivity index (χ0v) is 17.7. The number of hydrogen-bond acceptors (Lipinski definition) is 4. The molecule has 4 rings (SSSR count). The number of rotatable bonds is 4. The fraction of sp³-hybridized carbons (Fsp3) is 0.455. The summed E-state index contributed by atoms with van der Waals surface area (Å²) in [6.07, 6.45) is 5.23. The van der Waals surface area contributed by atoms with Gasteiger partial charge in [0.15, 0.2) is 0 Å². The molecule has 2 N–H and O–H groups in total. The van der Waals surface area contributed by atoms with Gasteiger partial charge in [0.2, 0.25) is 5.91 Å². The summed E-state index contributed by atoms with van der Waals surface area (Å²) in [5.74, 6) is 1.08. The molecule has 1 aliphatic rings. The summed E-state index contributed by atoms with van der Waals surface area (Å²) in [4.78, 5) is 21.4. The van der Waals surface area contributed by atoms with Gasteiger partial charge in [-0.1, -0.05) is 32.9 Å². The summed E-state index contributed by atoms with van der Waals surface area (Å²) in [6, 6.07) is 8.04. The second kappa shape index (κ2) is 6.83. The van der Waals surface area contributed by atoms with Gasteiger partial charge in [0.05, 0.1) is 28.4 Å². The number of imidazole rings is 1. The largest absolute Gasteiger partial charge is 0.342 e. The molecule has 3 aromatic rings. The van der Waals surface area contributed by atoms with Crippen molar-refractivity contribution in [1.29, 1.82) is 0 Å². The molecule has 0 radical (unpaired) electrons. The summed E-state index contributed by atoms with van der Waals surface area (Å²) < 4.78 is 1.73. The first kappa shape index (κ1) is 19.4. The molecule has 1 saturated carbocycles. The van der Waals surface area contributed by atoms with E-state index < -0.39 is 5.41 Å². The fourth-order valence-electron chi connectivity index (χ4n) is 4.55. The topological polar surface area (TPSA) is 88.0 Å². The monoisotopic (exact) mass is 392 g/mol. The number of carbonyl (C=O) groups excluding carboxylic acids is 1.